The zero-order chi connectivity index (χ0) is 14.3. The average molecular weight is 294 g/mol. The zero-order valence-electron chi connectivity index (χ0n) is 10.9. The highest BCUT2D eigenvalue weighted by molar-refractivity contribution is 7.20. The van der Waals surface area contributed by atoms with Gasteiger partial charge in [-0.1, -0.05) is 18.3 Å². The lowest BCUT2D eigenvalue weighted by atomic mass is 10.00. The Labute approximate surface area is 118 Å². The highest BCUT2D eigenvalue weighted by Gasteiger charge is 2.21. The second-order valence-corrected chi connectivity index (χ2v) is 5.97. The first-order valence-electron chi connectivity index (χ1n) is 6.43. The van der Waals surface area contributed by atoms with Crippen LogP contribution in [0, 0.1) is 5.92 Å². The molecule has 0 unspecified atom stereocenters. The number of anilines is 1. The van der Waals surface area contributed by atoms with E-state index in [1.165, 1.54) is 11.3 Å². The van der Waals surface area contributed by atoms with E-state index in [9.17, 15) is 9.59 Å². The van der Waals surface area contributed by atoms with Gasteiger partial charge < -0.3 is 10.0 Å². The molecule has 0 saturated carbocycles. The van der Waals surface area contributed by atoms with Gasteiger partial charge >= 0.3 is 5.97 Å². The van der Waals surface area contributed by atoms with Crippen LogP contribution >= 0.6 is 11.3 Å². The van der Waals surface area contributed by atoms with E-state index in [0.29, 0.717) is 10.9 Å². The number of nitrogens with zero attached hydrogens (tertiary/aromatic N) is 4. The molecule has 3 heterocycles. The number of hydrogen-bond donors (Lipinski definition) is 1. The van der Waals surface area contributed by atoms with Crippen molar-refractivity contribution in [1.82, 2.24) is 14.6 Å². The smallest absolute Gasteiger partial charge is 0.343 e. The molecule has 1 saturated heterocycles. The predicted molar refractivity (Wildman–Crippen MR) is 74.7 cm³/mol. The second-order valence-electron chi connectivity index (χ2n) is 5.03. The summed E-state index contributed by atoms with van der Waals surface area (Å²) in [7, 11) is 0. The highest BCUT2D eigenvalue weighted by Crippen LogP contribution is 2.26. The Kier molecular flexibility index (Phi) is 3.17. The van der Waals surface area contributed by atoms with Crippen molar-refractivity contribution in [2.24, 2.45) is 5.92 Å². The van der Waals surface area contributed by atoms with Crippen molar-refractivity contribution >= 4 is 27.4 Å². The fourth-order valence-electron chi connectivity index (χ4n) is 2.25. The summed E-state index contributed by atoms with van der Waals surface area (Å²) in [5.41, 5.74) is -0.984. The van der Waals surface area contributed by atoms with E-state index < -0.39 is 11.5 Å². The van der Waals surface area contributed by atoms with Crippen LogP contribution < -0.4 is 10.5 Å². The molecule has 0 aliphatic carbocycles. The van der Waals surface area contributed by atoms with Gasteiger partial charge in [0.15, 0.2) is 0 Å². The number of rotatable bonds is 2. The Morgan fingerprint density at radius 3 is 2.80 bits per heavy atom. The summed E-state index contributed by atoms with van der Waals surface area (Å²) in [4.78, 5) is 29.5. The minimum absolute atomic E-state index is 0.355. The number of piperidine rings is 1. The van der Waals surface area contributed by atoms with Gasteiger partial charge in [0.25, 0.3) is 5.56 Å². The third-order valence-corrected chi connectivity index (χ3v) is 4.54. The number of carbonyl (C=O) groups is 1. The van der Waals surface area contributed by atoms with E-state index in [1.54, 1.807) is 0 Å². The van der Waals surface area contributed by atoms with Gasteiger partial charge in [0.1, 0.15) is 5.56 Å². The third kappa shape index (κ3) is 2.15. The highest BCUT2D eigenvalue weighted by atomic mass is 32.1. The molecule has 0 atom stereocenters. The van der Waals surface area contributed by atoms with Crippen LogP contribution in [-0.4, -0.2) is 38.8 Å². The van der Waals surface area contributed by atoms with Crippen molar-refractivity contribution in [3.63, 3.8) is 0 Å². The van der Waals surface area contributed by atoms with E-state index in [0.717, 1.165) is 41.8 Å². The largest absolute Gasteiger partial charge is 0.477 e. The molecule has 8 heteroatoms. The van der Waals surface area contributed by atoms with E-state index in [1.807, 2.05) is 0 Å². The minimum Gasteiger partial charge on any atom is -0.477 e. The van der Waals surface area contributed by atoms with Gasteiger partial charge in [0.2, 0.25) is 10.1 Å². The molecule has 3 rings (SSSR count). The molecular weight excluding hydrogens is 280 g/mol. The first kappa shape index (κ1) is 13.0. The second kappa shape index (κ2) is 4.86. The van der Waals surface area contributed by atoms with Gasteiger partial charge in [0, 0.05) is 13.1 Å². The van der Waals surface area contributed by atoms with Gasteiger partial charge in [-0.15, -0.1) is 5.10 Å². The topological polar surface area (TPSA) is 87.8 Å². The summed E-state index contributed by atoms with van der Waals surface area (Å²) in [6.45, 7) is 4.03. The molecule has 1 fully saturated rings. The zero-order valence-corrected chi connectivity index (χ0v) is 11.8. The van der Waals surface area contributed by atoms with Crippen molar-refractivity contribution in [3.05, 3.63) is 22.1 Å². The van der Waals surface area contributed by atoms with Gasteiger partial charge in [-0.25, -0.2) is 9.78 Å². The van der Waals surface area contributed by atoms with Crippen LogP contribution in [0.4, 0.5) is 5.13 Å². The molecular formula is C12H14N4O3S. The van der Waals surface area contributed by atoms with Crippen LogP contribution in [0.25, 0.3) is 4.96 Å². The molecule has 0 aromatic carbocycles. The van der Waals surface area contributed by atoms with Gasteiger partial charge in [0.05, 0.1) is 6.20 Å². The van der Waals surface area contributed by atoms with Crippen LogP contribution in [0.3, 0.4) is 0 Å². The standard InChI is InChI=1S/C12H14N4O3S/c1-7-2-4-15(5-3-7)12-14-16-9(17)8(10(18)19)6-13-11(16)20-12/h6-7H,2-5H2,1H3,(H,18,19). The Morgan fingerprint density at radius 2 is 2.15 bits per heavy atom. The summed E-state index contributed by atoms with van der Waals surface area (Å²) in [6.07, 6.45) is 3.29. The Morgan fingerprint density at radius 1 is 1.45 bits per heavy atom. The maximum absolute atomic E-state index is 12.0. The average Bonchev–Trinajstić information content (AvgIpc) is 2.84. The fraction of sp³-hybridized carbons (Fsp3) is 0.500. The molecule has 7 nitrogen and oxygen atoms in total. The SMILES string of the molecule is CC1CCN(c2nn3c(=O)c(C(=O)O)cnc3s2)CC1. The Balaban J connectivity index is 2.01. The molecule has 0 amide bonds. The van der Waals surface area contributed by atoms with Crippen molar-refractivity contribution < 1.29 is 9.90 Å². The summed E-state index contributed by atoms with van der Waals surface area (Å²) in [5.74, 6) is -0.571. The molecule has 1 aliphatic rings. The molecule has 2 aromatic rings. The van der Waals surface area contributed by atoms with Crippen LogP contribution in [0.1, 0.15) is 30.1 Å². The molecule has 0 radical (unpaired) electrons. The number of fused-ring (bicyclic) bond motifs is 1. The lowest BCUT2D eigenvalue weighted by molar-refractivity contribution is 0.0694. The van der Waals surface area contributed by atoms with E-state index >= 15 is 0 Å². The van der Waals surface area contributed by atoms with Crippen molar-refractivity contribution in [1.29, 1.82) is 0 Å². The summed E-state index contributed by atoms with van der Waals surface area (Å²) in [5, 5.41) is 13.9. The van der Waals surface area contributed by atoms with Crippen LogP contribution in [0.15, 0.2) is 11.0 Å². The normalized spacial score (nSPS) is 16.8. The molecule has 2 aromatic heterocycles. The van der Waals surface area contributed by atoms with Gasteiger partial charge in [-0.3, -0.25) is 4.79 Å². The first-order valence-corrected chi connectivity index (χ1v) is 7.25. The lowest BCUT2D eigenvalue weighted by Gasteiger charge is -2.29. The van der Waals surface area contributed by atoms with E-state index in [-0.39, 0.29) is 5.56 Å². The molecule has 106 valence electrons. The molecule has 20 heavy (non-hydrogen) atoms. The molecule has 0 spiro atoms. The monoisotopic (exact) mass is 294 g/mol. The van der Waals surface area contributed by atoms with Crippen molar-refractivity contribution in [2.75, 3.05) is 18.0 Å². The summed E-state index contributed by atoms with van der Waals surface area (Å²) < 4.78 is 1.08. The number of aromatic nitrogens is 3. The van der Waals surface area contributed by atoms with Crippen LogP contribution in [-0.2, 0) is 0 Å². The lowest BCUT2D eigenvalue weighted by Crippen LogP contribution is -2.33. The maximum Gasteiger partial charge on any atom is 0.343 e. The Bertz CT molecular complexity index is 715. The molecule has 1 aliphatic heterocycles. The van der Waals surface area contributed by atoms with Gasteiger partial charge in [-0.2, -0.15) is 4.52 Å². The summed E-state index contributed by atoms with van der Waals surface area (Å²) >= 11 is 1.31. The van der Waals surface area contributed by atoms with Crippen molar-refractivity contribution in [2.45, 2.75) is 19.8 Å². The number of carboxylic acid groups (broad SMARTS) is 1. The third-order valence-electron chi connectivity index (χ3n) is 3.56. The number of carboxylic acids is 1. The Hall–Kier alpha value is -1.96. The minimum atomic E-state index is -1.28. The van der Waals surface area contributed by atoms with E-state index in [2.05, 4.69) is 21.9 Å². The van der Waals surface area contributed by atoms with Crippen LogP contribution in [0.2, 0.25) is 0 Å². The predicted octanol–water partition coefficient (Wildman–Crippen LogP) is 1.09. The first-order chi connectivity index (χ1) is 9.56. The quantitative estimate of drug-likeness (QED) is 0.892. The van der Waals surface area contributed by atoms with Gasteiger partial charge in [-0.05, 0) is 18.8 Å². The van der Waals surface area contributed by atoms with Crippen LogP contribution in [0.5, 0.6) is 0 Å². The number of aromatic carboxylic acids is 1. The number of hydrogen-bond acceptors (Lipinski definition) is 6. The van der Waals surface area contributed by atoms with Crippen molar-refractivity contribution in [3.8, 4) is 0 Å². The van der Waals surface area contributed by atoms with E-state index in [4.69, 9.17) is 5.11 Å². The summed E-state index contributed by atoms with van der Waals surface area (Å²) in [6, 6.07) is 0. The molecule has 1 N–H and O–H groups in total. The molecule has 0 bridgehead atoms. The fourth-order valence-corrected chi connectivity index (χ4v) is 3.16. The maximum atomic E-state index is 12.0.